The molecule has 0 spiro atoms. The summed E-state index contributed by atoms with van der Waals surface area (Å²) >= 11 is 0. The molecule has 1 atom stereocenters. The Balaban J connectivity index is 1.65. The van der Waals surface area contributed by atoms with Crippen molar-refractivity contribution < 1.29 is 28.6 Å². The van der Waals surface area contributed by atoms with Crippen LogP contribution in [0.2, 0.25) is 0 Å². The summed E-state index contributed by atoms with van der Waals surface area (Å²) in [5, 5.41) is 6.42. The molecule has 3 rings (SSSR count). The summed E-state index contributed by atoms with van der Waals surface area (Å²) in [6.07, 6.45) is -0.156. The van der Waals surface area contributed by atoms with Crippen molar-refractivity contribution in [1.82, 2.24) is 10.3 Å². The van der Waals surface area contributed by atoms with E-state index in [-0.39, 0.29) is 24.3 Å². The van der Waals surface area contributed by atoms with E-state index in [0.29, 0.717) is 30.5 Å². The molecule has 9 nitrogen and oxygen atoms in total. The molecule has 1 amide bonds. The molecule has 1 fully saturated rings. The molecule has 1 N–H and O–H groups in total. The second kappa shape index (κ2) is 10.2. The first kappa shape index (κ1) is 22.5. The maximum atomic E-state index is 12.2. The van der Waals surface area contributed by atoms with Crippen molar-refractivity contribution >= 4 is 11.6 Å². The third-order valence-corrected chi connectivity index (χ3v) is 4.46. The maximum absolute atomic E-state index is 12.2. The molecule has 31 heavy (non-hydrogen) atoms. The van der Waals surface area contributed by atoms with Gasteiger partial charge in [-0.1, -0.05) is 35.5 Å². The molecule has 1 unspecified atom stereocenters. The first-order valence-electron chi connectivity index (χ1n) is 9.88. The zero-order valence-corrected chi connectivity index (χ0v) is 18.1. The molecule has 1 aliphatic rings. The number of aromatic nitrogens is 1. The molecule has 1 saturated heterocycles. The van der Waals surface area contributed by atoms with Crippen LogP contribution in [-0.4, -0.2) is 55.9 Å². The van der Waals surface area contributed by atoms with E-state index in [9.17, 15) is 4.79 Å². The summed E-state index contributed by atoms with van der Waals surface area (Å²) in [6, 6.07) is 12.6. The van der Waals surface area contributed by atoms with Gasteiger partial charge < -0.3 is 29.1 Å². The average molecular weight is 429 g/mol. The minimum atomic E-state index is -0.598. The van der Waals surface area contributed by atoms with Crippen LogP contribution in [0.3, 0.4) is 0 Å². The van der Waals surface area contributed by atoms with Gasteiger partial charge in [0.05, 0.1) is 6.61 Å². The molecule has 0 bridgehead atoms. The van der Waals surface area contributed by atoms with Crippen LogP contribution in [0.5, 0.6) is 11.8 Å². The van der Waals surface area contributed by atoms with E-state index in [1.165, 1.54) is 14.2 Å². The van der Waals surface area contributed by atoms with Gasteiger partial charge in [0.25, 0.3) is 5.91 Å². The number of carbonyl (C=O) groups excluding carboxylic acids is 1. The number of rotatable bonds is 9. The van der Waals surface area contributed by atoms with Crippen molar-refractivity contribution in [2.45, 2.75) is 32.3 Å². The zero-order valence-electron chi connectivity index (χ0n) is 18.1. The molecule has 0 aliphatic carbocycles. The molecule has 1 aromatic heterocycles. The second-order valence-corrected chi connectivity index (χ2v) is 7.22. The highest BCUT2D eigenvalue weighted by Crippen LogP contribution is 2.23. The highest BCUT2D eigenvalue weighted by atomic mass is 16.7. The summed E-state index contributed by atoms with van der Waals surface area (Å²) in [6.45, 7) is 4.71. The average Bonchev–Trinajstić information content (AvgIpc) is 3.13. The fourth-order valence-corrected chi connectivity index (χ4v) is 3.03. The predicted octanol–water partition coefficient (Wildman–Crippen LogP) is 2.29. The number of pyridine rings is 1. The molecule has 1 aliphatic heterocycles. The van der Waals surface area contributed by atoms with E-state index in [4.69, 9.17) is 23.8 Å². The third-order valence-electron chi connectivity index (χ3n) is 4.46. The van der Waals surface area contributed by atoms with Crippen molar-refractivity contribution in [3.05, 3.63) is 53.6 Å². The Bertz CT molecular complexity index is 931. The fourth-order valence-electron chi connectivity index (χ4n) is 3.03. The summed E-state index contributed by atoms with van der Waals surface area (Å²) in [5.41, 5.74) is 1.53. The lowest BCUT2D eigenvalue weighted by molar-refractivity contribution is -0.141. The number of benzene rings is 1. The van der Waals surface area contributed by atoms with Crippen LogP contribution >= 0.6 is 0 Å². The molecule has 0 radical (unpaired) electrons. The summed E-state index contributed by atoms with van der Waals surface area (Å²) in [5.74, 6) is -0.143. The molecule has 0 saturated carbocycles. The van der Waals surface area contributed by atoms with Gasteiger partial charge in [-0.05, 0) is 19.4 Å². The number of hydrogen-bond acceptors (Lipinski definition) is 8. The SMILES string of the molecule is CNC(=O)C(=NOC)c1ccccc1COc1cccc(OCC2COC(C)(C)O2)n1. The van der Waals surface area contributed by atoms with Crippen molar-refractivity contribution in [2.24, 2.45) is 5.16 Å². The van der Waals surface area contributed by atoms with E-state index < -0.39 is 5.79 Å². The Labute approximate surface area is 181 Å². The van der Waals surface area contributed by atoms with Gasteiger partial charge in [0.15, 0.2) is 11.5 Å². The zero-order chi connectivity index (χ0) is 22.3. The number of amides is 1. The van der Waals surface area contributed by atoms with Gasteiger partial charge in [0.1, 0.15) is 26.4 Å². The van der Waals surface area contributed by atoms with Crippen LogP contribution in [0.25, 0.3) is 0 Å². The van der Waals surface area contributed by atoms with E-state index in [1.807, 2.05) is 32.0 Å². The molecular weight excluding hydrogens is 402 g/mol. The quantitative estimate of drug-likeness (QED) is 0.482. The molecule has 2 aromatic rings. The van der Waals surface area contributed by atoms with E-state index >= 15 is 0 Å². The topological polar surface area (TPSA) is 101 Å². The number of likely N-dealkylation sites (N-methyl/N-ethyl adjacent to an activating group) is 1. The van der Waals surface area contributed by atoms with E-state index in [1.54, 1.807) is 24.3 Å². The van der Waals surface area contributed by atoms with Gasteiger partial charge in [-0.2, -0.15) is 4.98 Å². The maximum Gasteiger partial charge on any atom is 0.273 e. The van der Waals surface area contributed by atoms with Crippen molar-refractivity contribution in [3.63, 3.8) is 0 Å². The minimum absolute atomic E-state index is 0.156. The van der Waals surface area contributed by atoms with Gasteiger partial charge in [0, 0.05) is 24.7 Å². The molecule has 1 aromatic carbocycles. The normalized spacial score (nSPS) is 17.8. The van der Waals surface area contributed by atoms with Crippen molar-refractivity contribution in [2.75, 3.05) is 27.4 Å². The number of nitrogens with zero attached hydrogens (tertiary/aromatic N) is 2. The first-order valence-corrected chi connectivity index (χ1v) is 9.88. The number of ether oxygens (including phenoxy) is 4. The summed E-state index contributed by atoms with van der Waals surface area (Å²) in [4.78, 5) is 21.4. The van der Waals surface area contributed by atoms with Crippen LogP contribution < -0.4 is 14.8 Å². The standard InChI is InChI=1S/C22H27N3O6/c1-22(2)30-14-16(31-22)13-29-19-11-7-10-18(24-19)28-12-15-8-5-6-9-17(15)20(25-27-4)21(26)23-3/h5-11,16H,12-14H2,1-4H3,(H,23,26). The van der Waals surface area contributed by atoms with Gasteiger partial charge in [-0.25, -0.2) is 0 Å². The lowest BCUT2D eigenvalue weighted by atomic mass is 10.0. The van der Waals surface area contributed by atoms with Crippen LogP contribution in [0, 0.1) is 0 Å². The summed E-state index contributed by atoms with van der Waals surface area (Å²) in [7, 11) is 2.92. The van der Waals surface area contributed by atoms with Crippen LogP contribution in [0.4, 0.5) is 0 Å². The van der Waals surface area contributed by atoms with Gasteiger partial charge in [-0.15, -0.1) is 0 Å². The van der Waals surface area contributed by atoms with Crippen LogP contribution in [0.1, 0.15) is 25.0 Å². The minimum Gasteiger partial charge on any atom is -0.475 e. The molecule has 166 valence electrons. The number of hydrogen-bond donors (Lipinski definition) is 1. The lowest BCUT2D eigenvalue weighted by Crippen LogP contribution is -2.29. The Morgan fingerprint density at radius 2 is 1.94 bits per heavy atom. The largest absolute Gasteiger partial charge is 0.475 e. The van der Waals surface area contributed by atoms with E-state index in [2.05, 4.69) is 15.5 Å². The van der Waals surface area contributed by atoms with Crippen molar-refractivity contribution in [1.29, 1.82) is 0 Å². The first-order chi connectivity index (χ1) is 14.9. The lowest BCUT2D eigenvalue weighted by Gasteiger charge is -2.17. The van der Waals surface area contributed by atoms with Crippen LogP contribution in [-0.2, 0) is 25.7 Å². The Hall–Kier alpha value is -3.17. The Kier molecular flexibility index (Phi) is 7.43. The second-order valence-electron chi connectivity index (χ2n) is 7.22. The van der Waals surface area contributed by atoms with Crippen LogP contribution in [0.15, 0.2) is 47.6 Å². The van der Waals surface area contributed by atoms with Gasteiger partial charge in [0.2, 0.25) is 11.8 Å². The highest BCUT2D eigenvalue weighted by Gasteiger charge is 2.33. The molecular formula is C22H27N3O6. The monoisotopic (exact) mass is 429 g/mol. The smallest absolute Gasteiger partial charge is 0.273 e. The van der Waals surface area contributed by atoms with Gasteiger partial charge in [-0.3, -0.25) is 4.79 Å². The Morgan fingerprint density at radius 1 is 1.19 bits per heavy atom. The third kappa shape index (κ3) is 6.16. The predicted molar refractivity (Wildman–Crippen MR) is 113 cm³/mol. The fraction of sp³-hybridized carbons (Fsp3) is 0.409. The molecule has 2 heterocycles. The Morgan fingerprint density at radius 3 is 2.61 bits per heavy atom. The molecule has 9 heteroatoms. The number of nitrogens with one attached hydrogen (secondary N) is 1. The number of carbonyl (C=O) groups is 1. The van der Waals surface area contributed by atoms with Gasteiger partial charge >= 0.3 is 0 Å². The highest BCUT2D eigenvalue weighted by molar-refractivity contribution is 6.45. The summed E-state index contributed by atoms with van der Waals surface area (Å²) < 4.78 is 22.8. The van der Waals surface area contributed by atoms with E-state index in [0.717, 1.165) is 5.56 Å². The van der Waals surface area contributed by atoms with Crippen molar-refractivity contribution in [3.8, 4) is 11.8 Å². The number of oxime groups is 1.